The molecule has 17 heavy (non-hydrogen) atoms. The minimum atomic E-state index is -0.410. The van der Waals surface area contributed by atoms with Crippen LogP contribution in [0.5, 0.6) is 0 Å². The molecule has 0 bridgehead atoms. The predicted molar refractivity (Wildman–Crippen MR) is 66.6 cm³/mol. The Morgan fingerprint density at radius 1 is 1.35 bits per heavy atom. The molecule has 1 amide bonds. The van der Waals surface area contributed by atoms with Gasteiger partial charge in [0, 0.05) is 6.04 Å². The lowest BCUT2D eigenvalue weighted by Crippen LogP contribution is -2.57. The van der Waals surface area contributed by atoms with Crippen molar-refractivity contribution in [2.24, 2.45) is 17.1 Å². The molecule has 0 saturated heterocycles. The summed E-state index contributed by atoms with van der Waals surface area (Å²) in [4.78, 5) is 11.5. The van der Waals surface area contributed by atoms with Crippen molar-refractivity contribution in [1.82, 2.24) is 5.32 Å². The lowest BCUT2D eigenvalue weighted by atomic mass is 9.50. The normalized spacial score (nSPS) is 36.0. The molecule has 2 aliphatic rings. The Hall–Kier alpha value is -0.770. The number of ether oxygens (including phenoxy) is 1. The summed E-state index contributed by atoms with van der Waals surface area (Å²) >= 11 is 0. The SMILES string of the molecule is CC(C)(C)OC(=O)NC1CC2(CC(CN)C2)C1. The van der Waals surface area contributed by atoms with Gasteiger partial charge in [0.05, 0.1) is 0 Å². The number of hydrogen-bond donors (Lipinski definition) is 2. The van der Waals surface area contributed by atoms with Crippen molar-refractivity contribution in [2.75, 3.05) is 6.54 Å². The Kier molecular flexibility index (Phi) is 3.10. The first-order chi connectivity index (χ1) is 7.82. The first kappa shape index (κ1) is 12.7. The highest BCUT2D eigenvalue weighted by Gasteiger charge is 2.52. The minimum Gasteiger partial charge on any atom is -0.444 e. The average Bonchev–Trinajstić information content (AvgIpc) is 2.03. The molecule has 2 rings (SSSR count). The van der Waals surface area contributed by atoms with Crippen LogP contribution in [0, 0.1) is 11.3 Å². The van der Waals surface area contributed by atoms with E-state index in [1.807, 2.05) is 20.8 Å². The number of nitrogens with two attached hydrogens (primary N) is 1. The fourth-order valence-electron chi connectivity index (χ4n) is 3.23. The molecule has 2 fully saturated rings. The van der Waals surface area contributed by atoms with Gasteiger partial charge in [-0.25, -0.2) is 4.79 Å². The van der Waals surface area contributed by atoms with E-state index in [4.69, 9.17) is 10.5 Å². The van der Waals surface area contributed by atoms with E-state index < -0.39 is 5.60 Å². The van der Waals surface area contributed by atoms with Crippen molar-refractivity contribution < 1.29 is 9.53 Å². The maximum absolute atomic E-state index is 11.5. The molecule has 98 valence electrons. The molecule has 0 aromatic carbocycles. The number of alkyl carbamates (subject to hydrolysis) is 1. The van der Waals surface area contributed by atoms with E-state index >= 15 is 0 Å². The lowest BCUT2D eigenvalue weighted by Gasteiger charge is -2.57. The van der Waals surface area contributed by atoms with Crippen LogP contribution in [0.2, 0.25) is 0 Å². The Morgan fingerprint density at radius 3 is 2.41 bits per heavy atom. The van der Waals surface area contributed by atoms with Gasteiger partial charge in [-0.3, -0.25) is 0 Å². The first-order valence-electron chi connectivity index (χ1n) is 6.51. The fraction of sp³-hybridized carbons (Fsp3) is 0.923. The van der Waals surface area contributed by atoms with Crippen molar-refractivity contribution in [1.29, 1.82) is 0 Å². The number of rotatable bonds is 2. The predicted octanol–water partition coefficient (Wildman–Crippen LogP) is 2.03. The second-order valence-electron chi connectivity index (χ2n) is 6.76. The number of carbonyl (C=O) groups excluding carboxylic acids is 1. The molecule has 0 atom stereocenters. The summed E-state index contributed by atoms with van der Waals surface area (Å²) in [6, 6.07) is 0.309. The van der Waals surface area contributed by atoms with E-state index in [0.717, 1.165) is 25.3 Å². The van der Waals surface area contributed by atoms with Crippen LogP contribution in [0.4, 0.5) is 4.79 Å². The van der Waals surface area contributed by atoms with Gasteiger partial charge in [0.2, 0.25) is 0 Å². The van der Waals surface area contributed by atoms with Gasteiger partial charge < -0.3 is 15.8 Å². The van der Waals surface area contributed by atoms with Gasteiger partial charge >= 0.3 is 6.09 Å². The first-order valence-corrected chi connectivity index (χ1v) is 6.51. The largest absolute Gasteiger partial charge is 0.444 e. The number of amides is 1. The van der Waals surface area contributed by atoms with E-state index in [1.54, 1.807) is 0 Å². The summed E-state index contributed by atoms with van der Waals surface area (Å²) in [5, 5.41) is 2.94. The standard InChI is InChI=1S/C13H24N2O2/c1-12(2,3)17-11(16)15-10-6-13(7-10)4-9(5-13)8-14/h9-10H,4-8,14H2,1-3H3,(H,15,16). The second-order valence-corrected chi connectivity index (χ2v) is 6.76. The van der Waals surface area contributed by atoms with Crippen LogP contribution in [0.3, 0.4) is 0 Å². The topological polar surface area (TPSA) is 64.3 Å². The zero-order valence-corrected chi connectivity index (χ0v) is 11.1. The van der Waals surface area contributed by atoms with Crippen molar-refractivity contribution in [3.63, 3.8) is 0 Å². The Bertz CT molecular complexity index is 295. The third-order valence-corrected chi connectivity index (χ3v) is 3.86. The summed E-state index contributed by atoms with van der Waals surface area (Å²) in [6.45, 7) is 6.46. The van der Waals surface area contributed by atoms with E-state index in [1.165, 1.54) is 12.8 Å². The molecule has 2 aliphatic carbocycles. The summed E-state index contributed by atoms with van der Waals surface area (Å²) < 4.78 is 5.24. The highest BCUT2D eigenvalue weighted by molar-refractivity contribution is 5.68. The Morgan fingerprint density at radius 2 is 1.94 bits per heavy atom. The summed E-state index contributed by atoms with van der Waals surface area (Å²) in [5.41, 5.74) is 5.72. The molecule has 0 unspecified atom stereocenters. The highest BCUT2D eigenvalue weighted by atomic mass is 16.6. The minimum absolute atomic E-state index is 0.285. The maximum Gasteiger partial charge on any atom is 0.407 e. The van der Waals surface area contributed by atoms with E-state index in [0.29, 0.717) is 11.5 Å². The van der Waals surface area contributed by atoms with Crippen LogP contribution in [0.1, 0.15) is 46.5 Å². The number of hydrogen-bond acceptors (Lipinski definition) is 3. The Balaban J connectivity index is 1.66. The fourth-order valence-corrected chi connectivity index (χ4v) is 3.23. The van der Waals surface area contributed by atoms with Gasteiger partial charge in [-0.2, -0.15) is 0 Å². The van der Waals surface area contributed by atoms with Gasteiger partial charge in [-0.1, -0.05) is 0 Å². The summed E-state index contributed by atoms with van der Waals surface area (Å²) in [5.74, 6) is 0.720. The molecule has 3 N–H and O–H groups in total. The van der Waals surface area contributed by atoms with Crippen LogP contribution in [-0.2, 0) is 4.74 Å². The average molecular weight is 240 g/mol. The van der Waals surface area contributed by atoms with Gasteiger partial charge in [-0.05, 0) is 64.3 Å². The van der Waals surface area contributed by atoms with Crippen LogP contribution < -0.4 is 11.1 Å². The van der Waals surface area contributed by atoms with Gasteiger partial charge in [0.15, 0.2) is 0 Å². The van der Waals surface area contributed by atoms with Gasteiger partial charge in [-0.15, -0.1) is 0 Å². The van der Waals surface area contributed by atoms with Crippen molar-refractivity contribution in [3.8, 4) is 0 Å². The second kappa shape index (κ2) is 4.16. The van der Waals surface area contributed by atoms with E-state index in [2.05, 4.69) is 5.32 Å². The van der Waals surface area contributed by atoms with Gasteiger partial charge in [0.1, 0.15) is 5.60 Å². The van der Waals surface area contributed by atoms with E-state index in [-0.39, 0.29) is 6.09 Å². The molecular formula is C13H24N2O2. The van der Waals surface area contributed by atoms with Crippen molar-refractivity contribution >= 4 is 6.09 Å². The van der Waals surface area contributed by atoms with E-state index in [9.17, 15) is 4.79 Å². The smallest absolute Gasteiger partial charge is 0.407 e. The molecule has 4 nitrogen and oxygen atoms in total. The lowest BCUT2D eigenvalue weighted by molar-refractivity contribution is -0.0476. The molecule has 0 aliphatic heterocycles. The Labute approximate surface area is 103 Å². The highest BCUT2D eigenvalue weighted by Crippen LogP contribution is 2.58. The molecule has 4 heteroatoms. The molecule has 0 radical (unpaired) electrons. The molecule has 0 heterocycles. The molecule has 0 aromatic heterocycles. The number of carbonyl (C=O) groups is 1. The molecular weight excluding hydrogens is 216 g/mol. The third-order valence-electron chi connectivity index (χ3n) is 3.86. The quantitative estimate of drug-likeness (QED) is 0.776. The monoisotopic (exact) mass is 240 g/mol. The van der Waals surface area contributed by atoms with Crippen LogP contribution in [0.25, 0.3) is 0 Å². The molecule has 0 aromatic rings. The maximum atomic E-state index is 11.5. The van der Waals surface area contributed by atoms with Crippen molar-refractivity contribution in [3.05, 3.63) is 0 Å². The zero-order valence-electron chi connectivity index (χ0n) is 11.1. The molecule has 2 saturated carbocycles. The number of nitrogens with one attached hydrogen (secondary N) is 1. The van der Waals surface area contributed by atoms with Crippen LogP contribution >= 0.6 is 0 Å². The van der Waals surface area contributed by atoms with Crippen LogP contribution in [-0.4, -0.2) is 24.3 Å². The summed E-state index contributed by atoms with van der Waals surface area (Å²) in [7, 11) is 0. The third kappa shape index (κ3) is 2.92. The molecule has 1 spiro atoms. The van der Waals surface area contributed by atoms with Gasteiger partial charge in [0.25, 0.3) is 0 Å². The van der Waals surface area contributed by atoms with Crippen LogP contribution in [0.15, 0.2) is 0 Å². The zero-order chi connectivity index (χ0) is 12.7. The van der Waals surface area contributed by atoms with Crippen molar-refractivity contribution in [2.45, 2.75) is 58.1 Å². The summed E-state index contributed by atoms with van der Waals surface area (Å²) in [6.07, 6.45) is 4.41.